The SMILES string of the molecule is Cc1cc(C)cc(NC(=O)CNc2ccccc2Cl)c1. The molecule has 2 aromatic rings. The highest BCUT2D eigenvalue weighted by Crippen LogP contribution is 2.20. The number of hydrogen-bond acceptors (Lipinski definition) is 2. The fourth-order valence-electron chi connectivity index (χ4n) is 2.03. The van der Waals surface area contributed by atoms with E-state index in [9.17, 15) is 4.79 Å². The van der Waals surface area contributed by atoms with E-state index in [0.29, 0.717) is 5.02 Å². The third kappa shape index (κ3) is 4.00. The van der Waals surface area contributed by atoms with Crippen molar-refractivity contribution in [3.63, 3.8) is 0 Å². The van der Waals surface area contributed by atoms with E-state index in [2.05, 4.69) is 16.7 Å². The average molecular weight is 289 g/mol. The lowest BCUT2D eigenvalue weighted by Gasteiger charge is -2.10. The minimum Gasteiger partial charge on any atom is -0.375 e. The fourth-order valence-corrected chi connectivity index (χ4v) is 2.23. The quantitative estimate of drug-likeness (QED) is 0.892. The smallest absolute Gasteiger partial charge is 0.243 e. The molecule has 0 saturated heterocycles. The summed E-state index contributed by atoms with van der Waals surface area (Å²) in [6.07, 6.45) is 0. The second-order valence-electron chi connectivity index (χ2n) is 4.76. The molecule has 0 atom stereocenters. The van der Waals surface area contributed by atoms with Crippen LogP contribution < -0.4 is 10.6 Å². The van der Waals surface area contributed by atoms with Crippen molar-refractivity contribution < 1.29 is 4.79 Å². The van der Waals surface area contributed by atoms with E-state index < -0.39 is 0 Å². The highest BCUT2D eigenvalue weighted by molar-refractivity contribution is 6.33. The molecule has 2 aromatic carbocycles. The summed E-state index contributed by atoms with van der Waals surface area (Å²) >= 11 is 6.02. The van der Waals surface area contributed by atoms with Crippen molar-refractivity contribution >= 4 is 28.9 Å². The highest BCUT2D eigenvalue weighted by atomic mass is 35.5. The maximum atomic E-state index is 11.9. The molecule has 1 amide bonds. The first-order valence-electron chi connectivity index (χ1n) is 6.41. The third-order valence-corrected chi connectivity index (χ3v) is 3.15. The first-order chi connectivity index (χ1) is 9.54. The van der Waals surface area contributed by atoms with Crippen molar-refractivity contribution in [2.45, 2.75) is 13.8 Å². The van der Waals surface area contributed by atoms with Crippen LogP contribution in [0.25, 0.3) is 0 Å². The molecule has 2 rings (SSSR count). The summed E-state index contributed by atoms with van der Waals surface area (Å²) in [5.41, 5.74) is 3.82. The molecule has 0 aliphatic rings. The summed E-state index contributed by atoms with van der Waals surface area (Å²) in [4.78, 5) is 11.9. The summed E-state index contributed by atoms with van der Waals surface area (Å²) in [5, 5.41) is 6.49. The lowest BCUT2D eigenvalue weighted by molar-refractivity contribution is -0.114. The molecule has 4 heteroatoms. The van der Waals surface area contributed by atoms with Gasteiger partial charge in [-0.15, -0.1) is 0 Å². The number of rotatable bonds is 4. The highest BCUT2D eigenvalue weighted by Gasteiger charge is 2.04. The Morgan fingerprint density at radius 1 is 1.10 bits per heavy atom. The Labute approximate surface area is 124 Å². The number of anilines is 2. The molecule has 3 nitrogen and oxygen atoms in total. The van der Waals surface area contributed by atoms with Crippen molar-refractivity contribution in [3.05, 3.63) is 58.6 Å². The minimum atomic E-state index is -0.102. The number of benzene rings is 2. The van der Waals surface area contributed by atoms with Gasteiger partial charge in [0.25, 0.3) is 0 Å². The predicted octanol–water partition coefficient (Wildman–Crippen LogP) is 4.01. The number of halogens is 1. The number of para-hydroxylation sites is 1. The molecular weight excluding hydrogens is 272 g/mol. The Morgan fingerprint density at radius 3 is 2.40 bits per heavy atom. The molecule has 0 aromatic heterocycles. The van der Waals surface area contributed by atoms with Crippen LogP contribution in [0.4, 0.5) is 11.4 Å². The average Bonchev–Trinajstić information content (AvgIpc) is 2.36. The van der Waals surface area contributed by atoms with Gasteiger partial charge in [-0.1, -0.05) is 29.8 Å². The summed E-state index contributed by atoms with van der Waals surface area (Å²) < 4.78 is 0. The van der Waals surface area contributed by atoms with E-state index in [-0.39, 0.29) is 12.5 Å². The number of aryl methyl sites for hydroxylation is 2. The molecule has 0 saturated carbocycles. The van der Waals surface area contributed by atoms with Gasteiger partial charge >= 0.3 is 0 Å². The second-order valence-corrected chi connectivity index (χ2v) is 5.17. The van der Waals surface area contributed by atoms with Gasteiger partial charge in [-0.05, 0) is 49.2 Å². The molecule has 0 heterocycles. The number of carbonyl (C=O) groups excluding carboxylic acids is 1. The minimum absolute atomic E-state index is 0.102. The molecule has 20 heavy (non-hydrogen) atoms. The molecule has 2 N–H and O–H groups in total. The molecule has 104 valence electrons. The molecule has 0 fully saturated rings. The predicted molar refractivity (Wildman–Crippen MR) is 84.5 cm³/mol. The number of hydrogen-bond donors (Lipinski definition) is 2. The number of carbonyl (C=O) groups is 1. The van der Waals surface area contributed by atoms with Crippen LogP contribution >= 0.6 is 11.6 Å². The van der Waals surface area contributed by atoms with Gasteiger partial charge in [0.1, 0.15) is 0 Å². The maximum absolute atomic E-state index is 11.9. The van der Waals surface area contributed by atoms with Crippen LogP contribution in [0.3, 0.4) is 0 Å². The lowest BCUT2D eigenvalue weighted by Crippen LogP contribution is -2.21. The summed E-state index contributed by atoms with van der Waals surface area (Å²) in [6, 6.07) is 13.3. The van der Waals surface area contributed by atoms with Crippen LogP contribution in [0.1, 0.15) is 11.1 Å². The molecule has 0 aliphatic heterocycles. The Bertz CT molecular complexity index is 605. The lowest BCUT2D eigenvalue weighted by atomic mass is 10.1. The number of amides is 1. The van der Waals surface area contributed by atoms with Crippen LogP contribution in [-0.2, 0) is 4.79 Å². The summed E-state index contributed by atoms with van der Waals surface area (Å²) in [5.74, 6) is -0.102. The van der Waals surface area contributed by atoms with Gasteiger partial charge in [0, 0.05) is 5.69 Å². The van der Waals surface area contributed by atoms with Gasteiger partial charge in [-0.25, -0.2) is 0 Å². The van der Waals surface area contributed by atoms with Gasteiger partial charge in [0.05, 0.1) is 17.3 Å². The van der Waals surface area contributed by atoms with Gasteiger partial charge in [0.2, 0.25) is 5.91 Å². The van der Waals surface area contributed by atoms with Gasteiger partial charge in [-0.2, -0.15) is 0 Å². The van der Waals surface area contributed by atoms with Crippen molar-refractivity contribution in [2.24, 2.45) is 0 Å². The van der Waals surface area contributed by atoms with Crippen LogP contribution in [0, 0.1) is 13.8 Å². The zero-order valence-corrected chi connectivity index (χ0v) is 12.3. The molecule has 0 spiro atoms. The molecular formula is C16H17ClN2O. The van der Waals surface area contributed by atoms with Crippen LogP contribution in [0.15, 0.2) is 42.5 Å². The normalized spacial score (nSPS) is 10.2. The Balaban J connectivity index is 1.94. The largest absolute Gasteiger partial charge is 0.375 e. The van der Waals surface area contributed by atoms with Gasteiger partial charge in [-0.3, -0.25) is 4.79 Å². The van der Waals surface area contributed by atoms with Crippen LogP contribution in [-0.4, -0.2) is 12.5 Å². The fraction of sp³-hybridized carbons (Fsp3) is 0.188. The molecule has 0 unspecified atom stereocenters. The first-order valence-corrected chi connectivity index (χ1v) is 6.79. The van der Waals surface area contributed by atoms with Crippen molar-refractivity contribution in [1.82, 2.24) is 0 Å². The van der Waals surface area contributed by atoms with E-state index in [4.69, 9.17) is 11.6 Å². The zero-order valence-electron chi connectivity index (χ0n) is 11.5. The van der Waals surface area contributed by atoms with E-state index in [1.54, 1.807) is 6.07 Å². The van der Waals surface area contributed by atoms with Crippen molar-refractivity contribution in [3.8, 4) is 0 Å². The summed E-state index contributed by atoms with van der Waals surface area (Å²) in [6.45, 7) is 4.19. The van der Waals surface area contributed by atoms with E-state index in [0.717, 1.165) is 22.5 Å². The Morgan fingerprint density at radius 2 is 1.75 bits per heavy atom. The van der Waals surface area contributed by atoms with E-state index in [1.165, 1.54) is 0 Å². The van der Waals surface area contributed by atoms with Gasteiger partial charge < -0.3 is 10.6 Å². The van der Waals surface area contributed by atoms with E-state index >= 15 is 0 Å². The third-order valence-electron chi connectivity index (χ3n) is 2.82. The van der Waals surface area contributed by atoms with Crippen LogP contribution in [0.5, 0.6) is 0 Å². The maximum Gasteiger partial charge on any atom is 0.243 e. The standard InChI is InChI=1S/C16H17ClN2O/c1-11-7-12(2)9-13(8-11)19-16(20)10-18-15-6-4-3-5-14(15)17/h3-9,18H,10H2,1-2H3,(H,19,20). The van der Waals surface area contributed by atoms with Crippen molar-refractivity contribution in [2.75, 3.05) is 17.2 Å². The second kappa shape index (κ2) is 6.44. The molecule has 0 radical (unpaired) electrons. The van der Waals surface area contributed by atoms with Crippen LogP contribution in [0.2, 0.25) is 5.02 Å². The number of nitrogens with one attached hydrogen (secondary N) is 2. The van der Waals surface area contributed by atoms with Gasteiger partial charge in [0.15, 0.2) is 0 Å². The Kier molecular flexibility index (Phi) is 4.64. The van der Waals surface area contributed by atoms with Crippen molar-refractivity contribution in [1.29, 1.82) is 0 Å². The molecule has 0 aliphatic carbocycles. The zero-order chi connectivity index (χ0) is 14.5. The first kappa shape index (κ1) is 14.4. The topological polar surface area (TPSA) is 41.1 Å². The Hall–Kier alpha value is -2.00. The monoisotopic (exact) mass is 288 g/mol. The van der Waals surface area contributed by atoms with E-state index in [1.807, 2.05) is 44.2 Å². The summed E-state index contributed by atoms with van der Waals surface area (Å²) in [7, 11) is 0. The molecule has 0 bridgehead atoms.